The number of carbonyl (C=O) groups is 1. The van der Waals surface area contributed by atoms with Gasteiger partial charge in [0, 0.05) is 63.6 Å². The molecule has 7 heteroatoms. The summed E-state index contributed by atoms with van der Waals surface area (Å²) in [7, 11) is 1.74. The maximum absolute atomic E-state index is 13.4. The van der Waals surface area contributed by atoms with E-state index in [0.717, 1.165) is 74.4 Å². The van der Waals surface area contributed by atoms with Crippen molar-refractivity contribution in [2.24, 2.45) is 5.92 Å². The second kappa shape index (κ2) is 12.3. The first-order chi connectivity index (χ1) is 18.6. The third kappa shape index (κ3) is 6.10. The summed E-state index contributed by atoms with van der Waals surface area (Å²) >= 11 is 0. The Kier molecular flexibility index (Phi) is 8.44. The number of imidazole rings is 1. The predicted molar refractivity (Wildman–Crippen MR) is 150 cm³/mol. The molecule has 198 valence electrons. The molecule has 3 heterocycles. The number of benzene rings is 2. The van der Waals surface area contributed by atoms with Gasteiger partial charge in [-0.1, -0.05) is 43.3 Å². The summed E-state index contributed by atoms with van der Waals surface area (Å²) in [5.74, 6) is 1.89. The van der Waals surface area contributed by atoms with Crippen molar-refractivity contribution in [2.75, 3.05) is 26.8 Å². The van der Waals surface area contributed by atoms with Gasteiger partial charge in [-0.2, -0.15) is 0 Å². The molecule has 0 radical (unpaired) electrons. The maximum Gasteiger partial charge on any atom is 0.222 e. The molecule has 0 saturated carbocycles. The standard InChI is InChI=1S/C31H37N5O2/c1-23(17-24-10-12-25(13-11-24)27-19-32-22-33-20-27)18-30(37)35-14-5-7-26(21-35)31-34-28-8-3-4-9-29(28)36(31)15-6-16-38-2/h3-4,8-13,19-20,22-23,26H,5-7,14-18,21H2,1-2H3/t23-,26-/m1/s1. The number of hydrogen-bond acceptors (Lipinski definition) is 5. The summed E-state index contributed by atoms with van der Waals surface area (Å²) < 4.78 is 7.65. The van der Waals surface area contributed by atoms with E-state index < -0.39 is 0 Å². The van der Waals surface area contributed by atoms with Crippen molar-refractivity contribution in [3.05, 3.63) is 78.6 Å². The molecule has 1 aliphatic heterocycles. The van der Waals surface area contributed by atoms with Crippen LogP contribution in [0.2, 0.25) is 0 Å². The SMILES string of the molecule is COCCCn1c([C@@H]2CCCN(C(=O)C[C@H](C)Cc3ccc(-c4cncnc4)cc3)C2)nc2ccccc21. The number of amides is 1. The number of aryl methyl sites for hydroxylation is 1. The quantitative estimate of drug-likeness (QED) is 0.263. The molecule has 1 saturated heterocycles. The molecule has 2 aromatic carbocycles. The van der Waals surface area contributed by atoms with Crippen LogP contribution >= 0.6 is 0 Å². The van der Waals surface area contributed by atoms with Crippen molar-refractivity contribution >= 4 is 16.9 Å². The van der Waals surface area contributed by atoms with Crippen molar-refractivity contribution in [1.82, 2.24) is 24.4 Å². The fourth-order valence-electron chi connectivity index (χ4n) is 5.61. The third-order valence-electron chi connectivity index (χ3n) is 7.51. The lowest BCUT2D eigenvalue weighted by molar-refractivity contribution is -0.133. The fraction of sp³-hybridized carbons (Fsp3) is 0.419. The first-order valence-corrected chi connectivity index (χ1v) is 13.7. The Morgan fingerprint density at radius 3 is 2.66 bits per heavy atom. The Hall–Kier alpha value is -3.58. The zero-order valence-electron chi connectivity index (χ0n) is 22.4. The van der Waals surface area contributed by atoms with E-state index in [-0.39, 0.29) is 17.7 Å². The average Bonchev–Trinajstić information content (AvgIpc) is 3.33. The van der Waals surface area contributed by atoms with Gasteiger partial charge in [0.05, 0.1) is 11.0 Å². The molecule has 1 aliphatic rings. The van der Waals surface area contributed by atoms with E-state index in [2.05, 4.69) is 68.8 Å². The second-order valence-electron chi connectivity index (χ2n) is 10.5. The molecule has 1 amide bonds. The molecule has 4 aromatic rings. The topological polar surface area (TPSA) is 73.1 Å². The Morgan fingerprint density at radius 2 is 1.87 bits per heavy atom. The minimum Gasteiger partial charge on any atom is -0.385 e. The van der Waals surface area contributed by atoms with Crippen molar-refractivity contribution in [3.63, 3.8) is 0 Å². The number of rotatable bonds is 10. The lowest BCUT2D eigenvalue weighted by Crippen LogP contribution is -2.40. The Labute approximate surface area is 224 Å². The molecule has 7 nitrogen and oxygen atoms in total. The Bertz CT molecular complexity index is 1340. The molecular weight excluding hydrogens is 474 g/mol. The van der Waals surface area contributed by atoms with E-state index in [0.29, 0.717) is 6.42 Å². The van der Waals surface area contributed by atoms with E-state index in [4.69, 9.17) is 9.72 Å². The number of fused-ring (bicyclic) bond motifs is 1. The van der Waals surface area contributed by atoms with E-state index in [1.807, 2.05) is 18.5 Å². The summed E-state index contributed by atoms with van der Waals surface area (Å²) in [6, 6.07) is 16.9. The van der Waals surface area contributed by atoms with Gasteiger partial charge in [-0.05, 0) is 54.9 Å². The van der Waals surface area contributed by atoms with Crippen LogP contribution in [0, 0.1) is 5.92 Å². The minimum absolute atomic E-state index is 0.252. The number of nitrogens with zero attached hydrogens (tertiary/aromatic N) is 5. The molecule has 1 fully saturated rings. The largest absolute Gasteiger partial charge is 0.385 e. The fourth-order valence-corrected chi connectivity index (χ4v) is 5.61. The van der Waals surface area contributed by atoms with Gasteiger partial charge in [-0.3, -0.25) is 4.79 Å². The van der Waals surface area contributed by atoms with Gasteiger partial charge in [0.1, 0.15) is 12.2 Å². The first kappa shape index (κ1) is 26.0. The maximum atomic E-state index is 13.4. The van der Waals surface area contributed by atoms with Crippen LogP contribution in [-0.2, 0) is 22.5 Å². The van der Waals surface area contributed by atoms with Crippen LogP contribution in [0.3, 0.4) is 0 Å². The molecule has 2 aromatic heterocycles. The van der Waals surface area contributed by atoms with Crippen LogP contribution in [-0.4, -0.2) is 57.1 Å². The Balaban J connectivity index is 1.21. The highest BCUT2D eigenvalue weighted by Crippen LogP contribution is 2.30. The summed E-state index contributed by atoms with van der Waals surface area (Å²) in [6.45, 7) is 5.35. The van der Waals surface area contributed by atoms with E-state index in [1.165, 1.54) is 11.1 Å². The first-order valence-electron chi connectivity index (χ1n) is 13.7. The number of ether oxygens (including phenoxy) is 1. The molecule has 2 atom stereocenters. The molecule has 0 aliphatic carbocycles. The predicted octanol–water partition coefficient (Wildman–Crippen LogP) is 5.50. The van der Waals surface area contributed by atoms with Crippen LogP contribution in [0.15, 0.2) is 67.3 Å². The second-order valence-corrected chi connectivity index (χ2v) is 10.5. The molecule has 5 rings (SSSR count). The highest BCUT2D eigenvalue weighted by atomic mass is 16.5. The van der Waals surface area contributed by atoms with Crippen LogP contribution < -0.4 is 0 Å². The highest BCUT2D eigenvalue weighted by Gasteiger charge is 2.29. The number of likely N-dealkylation sites (tertiary alicyclic amines) is 1. The molecule has 0 unspecified atom stereocenters. The van der Waals surface area contributed by atoms with Gasteiger partial charge >= 0.3 is 0 Å². The van der Waals surface area contributed by atoms with E-state index in [9.17, 15) is 4.79 Å². The number of hydrogen-bond donors (Lipinski definition) is 0. The number of methoxy groups -OCH3 is 1. The number of carbonyl (C=O) groups excluding carboxylic acids is 1. The van der Waals surface area contributed by atoms with Gasteiger partial charge in [0.15, 0.2) is 0 Å². The molecule has 38 heavy (non-hydrogen) atoms. The van der Waals surface area contributed by atoms with Crippen molar-refractivity contribution in [3.8, 4) is 11.1 Å². The lowest BCUT2D eigenvalue weighted by atomic mass is 9.94. The summed E-state index contributed by atoms with van der Waals surface area (Å²) in [5, 5.41) is 0. The zero-order chi connectivity index (χ0) is 26.3. The molecular formula is C31H37N5O2. The number of para-hydroxylation sites is 2. The van der Waals surface area contributed by atoms with Crippen molar-refractivity contribution in [2.45, 2.75) is 51.5 Å². The van der Waals surface area contributed by atoms with Crippen LogP contribution in [0.5, 0.6) is 0 Å². The minimum atomic E-state index is 0.252. The summed E-state index contributed by atoms with van der Waals surface area (Å²) in [5.41, 5.74) is 5.55. The normalized spacial score (nSPS) is 16.6. The van der Waals surface area contributed by atoms with E-state index in [1.54, 1.807) is 13.4 Å². The lowest BCUT2D eigenvalue weighted by Gasteiger charge is -2.33. The van der Waals surface area contributed by atoms with Crippen molar-refractivity contribution in [1.29, 1.82) is 0 Å². The molecule has 0 bridgehead atoms. The summed E-state index contributed by atoms with van der Waals surface area (Å²) in [6.07, 6.45) is 9.64. The van der Waals surface area contributed by atoms with E-state index >= 15 is 0 Å². The monoisotopic (exact) mass is 511 g/mol. The zero-order valence-corrected chi connectivity index (χ0v) is 22.4. The van der Waals surface area contributed by atoms with Gasteiger partial charge in [-0.25, -0.2) is 15.0 Å². The van der Waals surface area contributed by atoms with Crippen LogP contribution in [0.25, 0.3) is 22.2 Å². The van der Waals surface area contributed by atoms with Gasteiger partial charge in [-0.15, -0.1) is 0 Å². The van der Waals surface area contributed by atoms with Crippen LogP contribution in [0.1, 0.15) is 49.9 Å². The molecule has 0 spiro atoms. The smallest absolute Gasteiger partial charge is 0.222 e. The Morgan fingerprint density at radius 1 is 1.08 bits per heavy atom. The van der Waals surface area contributed by atoms with Gasteiger partial charge in [0.2, 0.25) is 5.91 Å². The number of aromatic nitrogens is 4. The third-order valence-corrected chi connectivity index (χ3v) is 7.51. The highest BCUT2D eigenvalue weighted by molar-refractivity contribution is 5.77. The number of piperidine rings is 1. The van der Waals surface area contributed by atoms with Crippen molar-refractivity contribution < 1.29 is 9.53 Å². The van der Waals surface area contributed by atoms with Crippen LogP contribution in [0.4, 0.5) is 0 Å². The van der Waals surface area contributed by atoms with Gasteiger partial charge < -0.3 is 14.2 Å². The average molecular weight is 512 g/mol. The van der Waals surface area contributed by atoms with Gasteiger partial charge in [0.25, 0.3) is 0 Å². The summed E-state index contributed by atoms with van der Waals surface area (Å²) in [4.78, 5) is 28.7. The molecule has 0 N–H and O–H groups in total.